The number of likely N-dealkylation sites (tertiary alicyclic amines) is 4. The van der Waals surface area contributed by atoms with Crippen LogP contribution in [0.25, 0.3) is 0 Å². The van der Waals surface area contributed by atoms with Crippen LogP contribution in [0.3, 0.4) is 0 Å². The van der Waals surface area contributed by atoms with Gasteiger partial charge >= 0.3 is 0 Å². The molecule has 0 bridgehead atoms. The van der Waals surface area contributed by atoms with Gasteiger partial charge < -0.3 is 83.8 Å². The maximum atomic E-state index is 14.3. The lowest BCUT2D eigenvalue weighted by Gasteiger charge is -2.27. The summed E-state index contributed by atoms with van der Waals surface area (Å²) in [4.78, 5) is 165. The summed E-state index contributed by atoms with van der Waals surface area (Å²) in [5.74, 6) is -7.68. The first-order valence-electron chi connectivity index (χ1n) is 29.6. The predicted molar refractivity (Wildman–Crippen MR) is 312 cm³/mol. The number of rotatable bonds is 28. The number of carbonyl (C=O) groups excluding carboxylic acids is 12. The van der Waals surface area contributed by atoms with Gasteiger partial charge in [0.1, 0.15) is 47.8 Å². The second-order valence-electron chi connectivity index (χ2n) is 23.2. The van der Waals surface area contributed by atoms with Crippen molar-refractivity contribution in [2.24, 2.45) is 23.3 Å². The molecule has 4 fully saturated rings. The van der Waals surface area contributed by atoms with E-state index in [9.17, 15) is 67.7 Å². The number of amides is 10. The largest absolute Gasteiger partial charge is 0.507 e. The van der Waals surface area contributed by atoms with Gasteiger partial charge in [-0.1, -0.05) is 27.7 Å². The van der Waals surface area contributed by atoms with E-state index in [2.05, 4.69) is 42.5 Å². The van der Waals surface area contributed by atoms with Gasteiger partial charge in [-0.25, -0.2) is 0 Å². The number of hydrogen-bond donors (Lipinski definition) is 12. The van der Waals surface area contributed by atoms with Gasteiger partial charge in [0.2, 0.25) is 70.6 Å². The van der Waals surface area contributed by atoms with Gasteiger partial charge in [-0.05, 0) is 100 Å². The van der Waals surface area contributed by atoms with Crippen LogP contribution in [-0.4, -0.2) is 215 Å². The molecule has 2 aromatic carbocycles. The summed E-state index contributed by atoms with van der Waals surface area (Å²) in [6, 6.07) is 0.133. The quantitative estimate of drug-likeness (QED) is 0.0279. The molecule has 14 N–H and O–H groups in total. The smallest absolute Gasteiger partial charge is 0.243 e. The van der Waals surface area contributed by atoms with Crippen LogP contribution in [0.4, 0.5) is 11.4 Å². The molecule has 0 radical (unpaired) electrons. The zero-order chi connectivity index (χ0) is 62.5. The molecular formula is C58H82N14O14. The average molecular weight is 1200 g/mol. The van der Waals surface area contributed by atoms with Crippen LogP contribution in [0.15, 0.2) is 24.3 Å². The van der Waals surface area contributed by atoms with Crippen LogP contribution >= 0.6 is 0 Å². The van der Waals surface area contributed by atoms with Crippen molar-refractivity contribution in [3.05, 3.63) is 46.5 Å². The fraction of sp³-hybridized carbons (Fsp3) is 0.586. The molecule has 10 amide bonds. The first-order chi connectivity index (χ1) is 41.0. The molecule has 28 heteroatoms. The minimum absolute atomic E-state index is 0.0237. The third-order valence-corrected chi connectivity index (χ3v) is 16.1. The third kappa shape index (κ3) is 15.7. The first-order valence-corrected chi connectivity index (χ1v) is 29.6. The van der Waals surface area contributed by atoms with Gasteiger partial charge in [-0.3, -0.25) is 57.5 Å². The van der Waals surface area contributed by atoms with E-state index >= 15 is 0 Å². The van der Waals surface area contributed by atoms with E-state index in [4.69, 9.17) is 11.5 Å². The van der Waals surface area contributed by atoms with Crippen molar-refractivity contribution in [3.63, 3.8) is 0 Å². The Morgan fingerprint density at radius 3 is 1.14 bits per heavy atom. The van der Waals surface area contributed by atoms with Crippen molar-refractivity contribution >= 4 is 82.0 Å². The maximum absolute atomic E-state index is 14.3. The Labute approximate surface area is 498 Å². The van der Waals surface area contributed by atoms with Crippen LogP contribution in [0.5, 0.6) is 11.5 Å². The number of phenolic OH excluding ortho intramolecular Hbond substituents is 2. The standard InChI is InChI=1S/C58H82N14O14/c1-31(2)25-35(55(83)65-29-45(77)69-21-5-9-37(69)53(59)81)67-57(85)39-11-7-23-71(39)43(75)27-61-17-19-63-33-13-14-34(48-47(33)51(79)49-41(73)15-16-42(74)50(49)52(48)80)64-20-18-62-28-44(76)72-24-8-12-40(72)58(86)68-36(26-32(3)4)56(84)66-30-46(78)70-22-6-10-38(70)54(60)82/h13-16,31-32,35-40,61-64,73-74H,5-12,17-30H2,1-4H3,(H2,59,81)(H2,60,82)(H,65,83)(H,66,84)(H,67,85)(H,68,86)/t35-,36-,37-,38-,39-,40-/m0/s1. The third-order valence-electron chi connectivity index (χ3n) is 16.1. The molecule has 4 heterocycles. The number of nitrogens with two attached hydrogens (primary N) is 2. The van der Waals surface area contributed by atoms with E-state index in [1.807, 2.05) is 27.7 Å². The molecule has 28 nitrogen and oxygen atoms in total. The number of phenols is 2. The van der Waals surface area contributed by atoms with Crippen LogP contribution in [-0.2, 0) is 47.9 Å². The number of nitrogens with one attached hydrogen (secondary N) is 8. The van der Waals surface area contributed by atoms with Crippen molar-refractivity contribution < 1.29 is 67.7 Å². The molecule has 4 aliphatic heterocycles. The monoisotopic (exact) mass is 1200 g/mol. The van der Waals surface area contributed by atoms with Crippen LogP contribution in [0, 0.1) is 11.8 Å². The molecule has 1 aliphatic carbocycles. The average Bonchev–Trinajstić information content (AvgIpc) is 1.03. The van der Waals surface area contributed by atoms with E-state index in [1.54, 1.807) is 12.1 Å². The number of ketones is 2. The Balaban J connectivity index is 0.904. The minimum Gasteiger partial charge on any atom is -0.507 e. The van der Waals surface area contributed by atoms with E-state index in [-0.39, 0.29) is 122 Å². The summed E-state index contributed by atoms with van der Waals surface area (Å²) < 4.78 is 0. The van der Waals surface area contributed by atoms with Gasteiger partial charge in [-0.2, -0.15) is 0 Å². The van der Waals surface area contributed by atoms with Gasteiger partial charge in [0.05, 0.1) is 48.4 Å². The zero-order valence-corrected chi connectivity index (χ0v) is 49.2. The fourth-order valence-corrected chi connectivity index (χ4v) is 11.9. The highest BCUT2D eigenvalue weighted by atomic mass is 16.3. The lowest BCUT2D eigenvalue weighted by molar-refractivity contribution is -0.140. The SMILES string of the molecule is CC(C)C[C@H](NC(=O)[C@@H]1CCCN1C(=O)CNCCNc1ccc(NCCNCC(=O)N2CCC[C@H]2C(=O)N[C@@H](CC(C)C)C(=O)NCC(=O)N2CCC[C@H]2C(N)=O)c2c1C(=O)c1c(O)ccc(O)c1C2=O)C(=O)NCC(=O)N1CCC[C@H]1C(N)=O. The maximum Gasteiger partial charge on any atom is 0.243 e. The molecule has 5 aliphatic rings. The molecule has 0 spiro atoms. The molecular weight excluding hydrogens is 1120 g/mol. The Morgan fingerprint density at radius 2 is 0.802 bits per heavy atom. The van der Waals surface area contributed by atoms with Gasteiger partial charge in [0.25, 0.3) is 0 Å². The van der Waals surface area contributed by atoms with E-state index < -0.39 is 107 Å². The van der Waals surface area contributed by atoms with Crippen molar-refractivity contribution in [1.29, 1.82) is 0 Å². The van der Waals surface area contributed by atoms with Crippen molar-refractivity contribution in [2.45, 2.75) is 128 Å². The molecule has 2 aromatic rings. The van der Waals surface area contributed by atoms with Gasteiger partial charge in [0.15, 0.2) is 0 Å². The number of primary amides is 2. The second-order valence-corrected chi connectivity index (χ2v) is 23.2. The number of benzene rings is 2. The molecule has 0 unspecified atom stereocenters. The molecule has 86 heavy (non-hydrogen) atoms. The Kier molecular flexibility index (Phi) is 22.4. The summed E-state index contributed by atoms with van der Waals surface area (Å²) >= 11 is 0. The van der Waals surface area contributed by atoms with Crippen molar-refractivity contribution in [2.75, 3.05) is 89.2 Å². The highest BCUT2D eigenvalue weighted by molar-refractivity contribution is 6.33. The Morgan fingerprint density at radius 1 is 0.477 bits per heavy atom. The van der Waals surface area contributed by atoms with Crippen molar-refractivity contribution in [3.8, 4) is 11.5 Å². The number of carbonyl (C=O) groups is 12. The van der Waals surface area contributed by atoms with E-state index in [0.29, 0.717) is 77.5 Å². The molecule has 0 saturated carbocycles. The van der Waals surface area contributed by atoms with E-state index in [1.165, 1.54) is 19.6 Å². The number of anilines is 2. The fourth-order valence-electron chi connectivity index (χ4n) is 11.9. The summed E-state index contributed by atoms with van der Waals surface area (Å²) in [6.07, 6.45) is 4.39. The Bertz CT molecular complexity index is 2760. The number of fused-ring (bicyclic) bond motifs is 2. The minimum atomic E-state index is -1.00. The van der Waals surface area contributed by atoms with Crippen LogP contribution in [0.2, 0.25) is 0 Å². The molecule has 4 saturated heterocycles. The topological polar surface area (TPSA) is 407 Å². The second kappa shape index (κ2) is 29.6. The number of nitrogens with zero attached hydrogens (tertiary/aromatic N) is 4. The lowest BCUT2D eigenvalue weighted by Crippen LogP contribution is -2.55. The predicted octanol–water partition coefficient (Wildman–Crippen LogP) is -1.90. The highest BCUT2D eigenvalue weighted by Gasteiger charge is 2.41. The van der Waals surface area contributed by atoms with Crippen LogP contribution in [0.1, 0.15) is 124 Å². The molecule has 6 atom stereocenters. The molecule has 7 rings (SSSR count). The first kappa shape index (κ1) is 65.1. The highest BCUT2D eigenvalue weighted by Crippen LogP contribution is 2.42. The molecule has 468 valence electrons. The number of aromatic hydroxyl groups is 2. The number of hydrogen-bond acceptors (Lipinski definition) is 18. The summed E-state index contributed by atoms with van der Waals surface area (Å²) in [7, 11) is 0. The van der Waals surface area contributed by atoms with Gasteiger partial charge in [0, 0.05) is 63.7 Å². The summed E-state index contributed by atoms with van der Waals surface area (Å²) in [6.45, 7) is 8.23. The van der Waals surface area contributed by atoms with Crippen molar-refractivity contribution in [1.82, 2.24) is 51.5 Å². The Hall–Kier alpha value is -8.40. The zero-order valence-electron chi connectivity index (χ0n) is 49.2. The molecule has 0 aromatic heterocycles. The normalized spacial score (nSPS) is 19.7. The lowest BCUT2D eigenvalue weighted by atomic mass is 9.81. The van der Waals surface area contributed by atoms with Crippen LogP contribution < -0.4 is 54.0 Å². The van der Waals surface area contributed by atoms with E-state index in [0.717, 1.165) is 12.1 Å². The summed E-state index contributed by atoms with van der Waals surface area (Å²) in [5, 5.41) is 44.7. The van der Waals surface area contributed by atoms with Gasteiger partial charge in [-0.15, -0.1) is 0 Å². The summed E-state index contributed by atoms with van der Waals surface area (Å²) in [5.41, 5.74) is 10.4.